The van der Waals surface area contributed by atoms with Crippen LogP contribution in [0.3, 0.4) is 0 Å². The average molecular weight is 345 g/mol. The number of carbonyl (C=O) groups is 2. The van der Waals surface area contributed by atoms with Gasteiger partial charge in [0.15, 0.2) is 0 Å². The summed E-state index contributed by atoms with van der Waals surface area (Å²) in [7, 11) is 0. The topological polar surface area (TPSA) is 58.2 Å². The smallest absolute Gasteiger partial charge is 0.251 e. The lowest BCUT2D eigenvalue weighted by Crippen LogP contribution is -2.38. The minimum Gasteiger partial charge on any atom is -0.348 e. The van der Waals surface area contributed by atoms with E-state index < -0.39 is 0 Å². The molecule has 24 heavy (non-hydrogen) atoms. The molecule has 0 aromatic heterocycles. The lowest BCUT2D eigenvalue weighted by Gasteiger charge is -2.15. The summed E-state index contributed by atoms with van der Waals surface area (Å²) >= 11 is 5.85. The number of hydrogen-bond donors (Lipinski definition) is 2. The van der Waals surface area contributed by atoms with Crippen molar-refractivity contribution >= 4 is 23.4 Å². The van der Waals surface area contributed by atoms with E-state index in [4.69, 9.17) is 11.6 Å². The van der Waals surface area contributed by atoms with Crippen LogP contribution in [0.25, 0.3) is 0 Å². The van der Waals surface area contributed by atoms with Gasteiger partial charge in [0.1, 0.15) is 0 Å². The molecule has 0 aliphatic rings. The molecule has 0 aliphatic heterocycles. The molecule has 0 bridgehead atoms. The Balaban J connectivity index is 1.88. The summed E-state index contributed by atoms with van der Waals surface area (Å²) in [5, 5.41) is 6.15. The third kappa shape index (κ3) is 5.10. The van der Waals surface area contributed by atoms with Crippen molar-refractivity contribution in [3.63, 3.8) is 0 Å². The Hall–Kier alpha value is -2.33. The third-order valence-electron chi connectivity index (χ3n) is 3.64. The Morgan fingerprint density at radius 1 is 1.04 bits per heavy atom. The summed E-state index contributed by atoms with van der Waals surface area (Å²) in [5.74, 6) is -0.494. The molecule has 0 heterocycles. The van der Waals surface area contributed by atoms with Crippen molar-refractivity contribution in [3.05, 3.63) is 69.7 Å². The molecule has 2 aromatic rings. The highest BCUT2D eigenvalue weighted by Crippen LogP contribution is 2.15. The van der Waals surface area contributed by atoms with E-state index in [2.05, 4.69) is 10.6 Å². The molecule has 0 saturated heterocycles. The van der Waals surface area contributed by atoms with E-state index in [1.807, 2.05) is 39.0 Å². The molecule has 0 fully saturated rings. The number of halogens is 1. The van der Waals surface area contributed by atoms with Crippen LogP contribution in [0.2, 0.25) is 5.02 Å². The molecule has 5 heteroatoms. The lowest BCUT2D eigenvalue weighted by molar-refractivity contribution is -0.120. The fraction of sp³-hybridized carbons (Fsp3) is 0.263. The van der Waals surface area contributed by atoms with Crippen LogP contribution >= 0.6 is 11.6 Å². The van der Waals surface area contributed by atoms with Gasteiger partial charge in [0.05, 0.1) is 12.6 Å². The second-order valence-electron chi connectivity index (χ2n) is 5.90. The Kier molecular flexibility index (Phi) is 5.99. The number of hydrogen-bond acceptors (Lipinski definition) is 2. The molecule has 2 rings (SSSR count). The van der Waals surface area contributed by atoms with Crippen LogP contribution in [-0.4, -0.2) is 18.4 Å². The molecule has 0 saturated carbocycles. The average Bonchev–Trinajstić information content (AvgIpc) is 2.52. The minimum atomic E-state index is -0.254. The molecule has 4 nitrogen and oxygen atoms in total. The molecular weight excluding hydrogens is 324 g/mol. The van der Waals surface area contributed by atoms with Crippen molar-refractivity contribution < 1.29 is 9.59 Å². The molecule has 2 amide bonds. The van der Waals surface area contributed by atoms with E-state index >= 15 is 0 Å². The highest BCUT2D eigenvalue weighted by molar-refractivity contribution is 6.30. The number of benzene rings is 2. The minimum absolute atomic E-state index is 0.0657. The van der Waals surface area contributed by atoms with Crippen LogP contribution in [0.1, 0.15) is 40.0 Å². The first-order valence-corrected chi connectivity index (χ1v) is 8.14. The molecule has 126 valence electrons. The zero-order valence-corrected chi connectivity index (χ0v) is 14.8. The maximum absolute atomic E-state index is 12.1. The van der Waals surface area contributed by atoms with Crippen molar-refractivity contribution in [2.24, 2.45) is 0 Å². The lowest BCUT2D eigenvalue weighted by atomic mass is 10.1. The van der Waals surface area contributed by atoms with E-state index in [1.54, 1.807) is 24.3 Å². The number of rotatable bonds is 5. The van der Waals surface area contributed by atoms with Crippen molar-refractivity contribution in [2.45, 2.75) is 26.8 Å². The standard InChI is InChI=1S/C19H21ClN2O2/c1-12-8-13(2)10-16(9-12)19(24)21-11-18(23)22-14(3)15-4-6-17(20)7-5-15/h4-10,14H,11H2,1-3H3,(H,21,24)(H,22,23). The van der Waals surface area contributed by atoms with Gasteiger partial charge in [-0.05, 0) is 50.6 Å². The molecule has 1 atom stereocenters. The number of aryl methyl sites for hydroxylation is 2. The fourth-order valence-corrected chi connectivity index (χ4v) is 2.62. The fourth-order valence-electron chi connectivity index (χ4n) is 2.50. The Bertz CT molecular complexity index is 721. The van der Waals surface area contributed by atoms with Gasteiger partial charge in [0, 0.05) is 10.6 Å². The molecule has 0 aliphatic carbocycles. The van der Waals surface area contributed by atoms with Crippen LogP contribution < -0.4 is 10.6 Å². The molecule has 0 spiro atoms. The Morgan fingerprint density at radius 3 is 2.21 bits per heavy atom. The Labute approximate surface area is 147 Å². The predicted octanol–water partition coefficient (Wildman–Crippen LogP) is 3.56. The summed E-state index contributed by atoms with van der Waals surface area (Å²) in [5.41, 5.74) is 3.54. The van der Waals surface area contributed by atoms with Crippen LogP contribution in [0.15, 0.2) is 42.5 Å². The second kappa shape index (κ2) is 7.97. The van der Waals surface area contributed by atoms with Crippen LogP contribution in [0.5, 0.6) is 0 Å². The monoisotopic (exact) mass is 344 g/mol. The first-order chi connectivity index (χ1) is 11.3. The van der Waals surface area contributed by atoms with Crippen molar-refractivity contribution in [3.8, 4) is 0 Å². The number of carbonyl (C=O) groups excluding carboxylic acids is 2. The number of nitrogens with one attached hydrogen (secondary N) is 2. The summed E-state index contributed by atoms with van der Waals surface area (Å²) in [6, 6.07) is 12.7. The van der Waals surface area contributed by atoms with E-state index in [-0.39, 0.29) is 24.4 Å². The van der Waals surface area contributed by atoms with Gasteiger partial charge >= 0.3 is 0 Å². The van der Waals surface area contributed by atoms with E-state index in [0.717, 1.165) is 16.7 Å². The highest BCUT2D eigenvalue weighted by atomic mass is 35.5. The number of amides is 2. The maximum Gasteiger partial charge on any atom is 0.251 e. The molecular formula is C19H21ClN2O2. The second-order valence-corrected chi connectivity index (χ2v) is 6.34. The first-order valence-electron chi connectivity index (χ1n) is 7.76. The van der Waals surface area contributed by atoms with E-state index in [0.29, 0.717) is 10.6 Å². The highest BCUT2D eigenvalue weighted by Gasteiger charge is 2.12. The first kappa shape index (κ1) is 18.0. The summed E-state index contributed by atoms with van der Waals surface area (Å²) in [4.78, 5) is 24.2. The summed E-state index contributed by atoms with van der Waals surface area (Å²) < 4.78 is 0. The third-order valence-corrected chi connectivity index (χ3v) is 3.89. The van der Waals surface area contributed by atoms with Crippen molar-refractivity contribution in [2.75, 3.05) is 6.54 Å². The Morgan fingerprint density at radius 2 is 1.62 bits per heavy atom. The van der Waals surface area contributed by atoms with Crippen molar-refractivity contribution in [1.82, 2.24) is 10.6 Å². The largest absolute Gasteiger partial charge is 0.348 e. The van der Waals surface area contributed by atoms with Gasteiger partial charge in [0.25, 0.3) is 5.91 Å². The SMILES string of the molecule is Cc1cc(C)cc(C(=O)NCC(=O)NC(C)c2ccc(Cl)cc2)c1. The zero-order chi connectivity index (χ0) is 17.7. The van der Waals surface area contributed by atoms with Crippen LogP contribution in [0, 0.1) is 13.8 Å². The molecule has 2 N–H and O–H groups in total. The summed E-state index contributed by atoms with van der Waals surface area (Å²) in [6.45, 7) is 5.69. The van der Waals surface area contributed by atoms with Crippen LogP contribution in [0.4, 0.5) is 0 Å². The van der Waals surface area contributed by atoms with Gasteiger partial charge in [-0.2, -0.15) is 0 Å². The molecule has 2 aromatic carbocycles. The normalized spacial score (nSPS) is 11.7. The maximum atomic E-state index is 12.1. The predicted molar refractivity (Wildman–Crippen MR) is 96.3 cm³/mol. The summed E-state index contributed by atoms with van der Waals surface area (Å²) in [6.07, 6.45) is 0. The van der Waals surface area contributed by atoms with Gasteiger partial charge in [0.2, 0.25) is 5.91 Å². The van der Waals surface area contributed by atoms with Gasteiger partial charge in [-0.25, -0.2) is 0 Å². The van der Waals surface area contributed by atoms with E-state index in [1.165, 1.54) is 0 Å². The van der Waals surface area contributed by atoms with Gasteiger partial charge in [-0.1, -0.05) is 40.9 Å². The van der Waals surface area contributed by atoms with Gasteiger partial charge < -0.3 is 10.6 Å². The van der Waals surface area contributed by atoms with Crippen LogP contribution in [-0.2, 0) is 4.79 Å². The zero-order valence-electron chi connectivity index (χ0n) is 14.0. The van der Waals surface area contributed by atoms with E-state index in [9.17, 15) is 9.59 Å². The molecule has 0 radical (unpaired) electrons. The quantitative estimate of drug-likeness (QED) is 0.871. The van der Waals surface area contributed by atoms with Gasteiger partial charge in [-0.15, -0.1) is 0 Å². The molecule has 1 unspecified atom stereocenters. The van der Waals surface area contributed by atoms with Crippen molar-refractivity contribution in [1.29, 1.82) is 0 Å². The van der Waals surface area contributed by atoms with Gasteiger partial charge in [-0.3, -0.25) is 9.59 Å².